The topological polar surface area (TPSA) is 96.0 Å². The van der Waals surface area contributed by atoms with Crippen LogP contribution in [0.15, 0.2) is 106 Å². The predicted octanol–water partition coefficient (Wildman–Crippen LogP) is 6.43. The monoisotopic (exact) mass is 705 g/mol. The maximum atomic E-state index is 14.5. The van der Waals surface area contributed by atoms with Crippen molar-refractivity contribution in [1.82, 2.24) is 10.2 Å². The number of benzene rings is 4. The number of carbonyl (C=O) groups is 2. The molecule has 8 nitrogen and oxygen atoms in total. The van der Waals surface area contributed by atoms with Crippen molar-refractivity contribution in [2.24, 2.45) is 0 Å². The second-order valence-corrected chi connectivity index (χ2v) is 14.2. The minimum Gasteiger partial charge on any atom is -0.496 e. The lowest BCUT2D eigenvalue weighted by Crippen LogP contribution is -2.54. The van der Waals surface area contributed by atoms with Crippen LogP contribution in [0.2, 0.25) is 0 Å². The first-order valence-corrected chi connectivity index (χ1v) is 17.2. The van der Waals surface area contributed by atoms with Crippen molar-refractivity contribution in [2.75, 3.05) is 18.0 Å². The van der Waals surface area contributed by atoms with E-state index < -0.39 is 28.5 Å². The molecule has 46 heavy (non-hydrogen) atoms. The molecule has 0 aliphatic carbocycles. The van der Waals surface area contributed by atoms with Gasteiger partial charge in [0, 0.05) is 19.0 Å². The first-order chi connectivity index (χ1) is 21.9. The molecule has 0 fully saturated rings. The van der Waals surface area contributed by atoms with E-state index in [4.69, 9.17) is 4.74 Å². The predicted molar refractivity (Wildman–Crippen MR) is 185 cm³/mol. The molecule has 0 unspecified atom stereocenters. The average Bonchev–Trinajstić information content (AvgIpc) is 3.03. The molecular formula is C36H40BrN3O5S. The van der Waals surface area contributed by atoms with Crippen LogP contribution >= 0.6 is 15.9 Å². The zero-order valence-electron chi connectivity index (χ0n) is 26.7. The number of methoxy groups -OCH3 is 1. The van der Waals surface area contributed by atoms with Crippen LogP contribution in [0.4, 0.5) is 5.69 Å². The Balaban J connectivity index is 1.81. The number of nitrogens with one attached hydrogen (secondary N) is 1. The van der Waals surface area contributed by atoms with Crippen LogP contribution in [0.3, 0.4) is 0 Å². The fourth-order valence-corrected chi connectivity index (χ4v) is 7.13. The summed E-state index contributed by atoms with van der Waals surface area (Å²) in [6, 6.07) is 27.5. The van der Waals surface area contributed by atoms with Crippen molar-refractivity contribution < 1.29 is 22.7 Å². The van der Waals surface area contributed by atoms with Crippen molar-refractivity contribution in [1.29, 1.82) is 0 Å². The zero-order valence-corrected chi connectivity index (χ0v) is 29.1. The Morgan fingerprint density at radius 1 is 0.848 bits per heavy atom. The number of amides is 2. The van der Waals surface area contributed by atoms with Gasteiger partial charge in [0.2, 0.25) is 11.8 Å². The number of halogens is 1. The van der Waals surface area contributed by atoms with E-state index in [9.17, 15) is 18.0 Å². The lowest BCUT2D eigenvalue weighted by molar-refractivity contribution is -0.140. The molecule has 4 rings (SSSR count). The molecule has 0 aliphatic heterocycles. The second kappa shape index (κ2) is 15.4. The molecule has 242 valence electrons. The molecule has 0 heterocycles. The normalized spacial score (nSPS) is 12.0. The Kier molecular flexibility index (Phi) is 11.6. The standard InChI is InChI=1S/C36H40BrN3O5S/c1-25(2)38-36(42)33(21-28-9-7-6-8-10-28)39(23-29-15-11-26(3)12-16-29)35(41)24-40(30-17-13-27(4)14-18-30)46(43,44)31-19-20-34(45-5)32(37)22-31/h6-20,22,25,33H,21,23-24H2,1-5H3,(H,38,42)/t33-/m1/s1. The third-order valence-electron chi connectivity index (χ3n) is 7.49. The molecular weight excluding hydrogens is 666 g/mol. The first kappa shape index (κ1) is 34.7. The molecule has 0 aliphatic rings. The molecule has 0 bridgehead atoms. The van der Waals surface area contributed by atoms with E-state index in [-0.39, 0.29) is 29.8 Å². The summed E-state index contributed by atoms with van der Waals surface area (Å²) in [6.07, 6.45) is 0.250. The highest BCUT2D eigenvalue weighted by Gasteiger charge is 2.35. The minimum absolute atomic E-state index is 0.0166. The highest BCUT2D eigenvalue weighted by molar-refractivity contribution is 9.10. The van der Waals surface area contributed by atoms with Crippen LogP contribution in [0.5, 0.6) is 5.75 Å². The van der Waals surface area contributed by atoms with Crippen molar-refractivity contribution in [2.45, 2.75) is 57.6 Å². The third kappa shape index (κ3) is 8.76. The van der Waals surface area contributed by atoms with Crippen LogP contribution in [-0.4, -0.2) is 50.9 Å². The Hall–Kier alpha value is -4.15. The van der Waals surface area contributed by atoms with Crippen molar-refractivity contribution >= 4 is 43.5 Å². The number of ether oxygens (including phenoxy) is 1. The van der Waals surface area contributed by atoms with Crippen molar-refractivity contribution in [3.05, 3.63) is 124 Å². The Morgan fingerprint density at radius 2 is 1.46 bits per heavy atom. The van der Waals surface area contributed by atoms with Gasteiger partial charge in [-0.15, -0.1) is 0 Å². The van der Waals surface area contributed by atoms with Gasteiger partial charge in [-0.2, -0.15) is 0 Å². The maximum absolute atomic E-state index is 14.5. The molecule has 0 spiro atoms. The lowest BCUT2D eigenvalue weighted by atomic mass is 10.0. The third-order valence-corrected chi connectivity index (χ3v) is 9.88. The number of aryl methyl sites for hydroxylation is 2. The largest absolute Gasteiger partial charge is 0.496 e. The van der Waals surface area contributed by atoms with E-state index in [1.807, 2.05) is 82.3 Å². The van der Waals surface area contributed by atoms with Gasteiger partial charge in [0.15, 0.2) is 0 Å². The molecule has 2 amide bonds. The lowest BCUT2D eigenvalue weighted by Gasteiger charge is -2.34. The molecule has 0 saturated carbocycles. The van der Waals surface area contributed by atoms with Crippen LogP contribution in [-0.2, 0) is 32.6 Å². The summed E-state index contributed by atoms with van der Waals surface area (Å²) in [4.78, 5) is 29.8. The van der Waals surface area contributed by atoms with Gasteiger partial charge >= 0.3 is 0 Å². The fraction of sp³-hybridized carbons (Fsp3) is 0.278. The molecule has 10 heteroatoms. The van der Waals surface area contributed by atoms with Gasteiger partial charge in [-0.1, -0.05) is 77.9 Å². The molecule has 1 N–H and O–H groups in total. The van der Waals surface area contributed by atoms with Gasteiger partial charge < -0.3 is 15.0 Å². The molecule has 4 aromatic carbocycles. The van der Waals surface area contributed by atoms with E-state index in [2.05, 4.69) is 21.2 Å². The van der Waals surface area contributed by atoms with Crippen LogP contribution < -0.4 is 14.4 Å². The van der Waals surface area contributed by atoms with Gasteiger partial charge in [0.25, 0.3) is 10.0 Å². The van der Waals surface area contributed by atoms with E-state index >= 15 is 0 Å². The van der Waals surface area contributed by atoms with Crippen molar-refractivity contribution in [3.63, 3.8) is 0 Å². The number of anilines is 1. The molecule has 4 aromatic rings. The van der Waals surface area contributed by atoms with Crippen LogP contribution in [0, 0.1) is 13.8 Å². The average molecular weight is 707 g/mol. The summed E-state index contributed by atoms with van der Waals surface area (Å²) in [5.41, 5.74) is 4.01. The smallest absolute Gasteiger partial charge is 0.264 e. The fourth-order valence-electron chi connectivity index (χ4n) is 5.00. The minimum atomic E-state index is -4.25. The van der Waals surface area contributed by atoms with Gasteiger partial charge in [0.1, 0.15) is 18.3 Å². The number of hydrogen-bond acceptors (Lipinski definition) is 5. The van der Waals surface area contributed by atoms with Gasteiger partial charge in [0.05, 0.1) is 22.2 Å². The number of rotatable bonds is 13. The van der Waals surface area contributed by atoms with E-state index in [1.165, 1.54) is 24.1 Å². The molecule has 0 saturated heterocycles. The molecule has 1 atom stereocenters. The van der Waals surface area contributed by atoms with Gasteiger partial charge in [-0.05, 0) is 85.1 Å². The van der Waals surface area contributed by atoms with E-state index in [0.29, 0.717) is 15.9 Å². The number of sulfonamides is 1. The van der Waals surface area contributed by atoms with E-state index in [0.717, 1.165) is 26.6 Å². The quantitative estimate of drug-likeness (QED) is 0.173. The molecule has 0 aromatic heterocycles. The second-order valence-electron chi connectivity index (χ2n) is 11.5. The summed E-state index contributed by atoms with van der Waals surface area (Å²) >= 11 is 3.39. The number of carbonyl (C=O) groups excluding carboxylic acids is 2. The van der Waals surface area contributed by atoms with Crippen molar-refractivity contribution in [3.8, 4) is 5.75 Å². The highest BCUT2D eigenvalue weighted by atomic mass is 79.9. The number of nitrogens with zero attached hydrogens (tertiary/aromatic N) is 2. The van der Waals surface area contributed by atoms with Crippen LogP contribution in [0.1, 0.15) is 36.1 Å². The highest BCUT2D eigenvalue weighted by Crippen LogP contribution is 2.31. The summed E-state index contributed by atoms with van der Waals surface area (Å²) in [6.45, 7) is 7.19. The summed E-state index contributed by atoms with van der Waals surface area (Å²) < 4.78 is 35.4. The summed E-state index contributed by atoms with van der Waals surface area (Å²) in [5.74, 6) is -0.360. The van der Waals surface area contributed by atoms with E-state index in [1.54, 1.807) is 30.3 Å². The SMILES string of the molecule is COc1ccc(S(=O)(=O)N(CC(=O)N(Cc2ccc(C)cc2)[C@H](Cc2ccccc2)C(=O)NC(C)C)c2ccc(C)cc2)cc1Br. The Morgan fingerprint density at radius 3 is 2.02 bits per heavy atom. The maximum Gasteiger partial charge on any atom is 0.264 e. The number of hydrogen-bond donors (Lipinski definition) is 1. The first-order valence-electron chi connectivity index (χ1n) is 15.0. The molecule has 0 radical (unpaired) electrons. The van der Waals surface area contributed by atoms with Gasteiger partial charge in [-0.25, -0.2) is 8.42 Å². The summed E-state index contributed by atoms with van der Waals surface area (Å²) in [5, 5.41) is 2.98. The Labute approximate surface area is 280 Å². The Bertz CT molecular complexity index is 1750. The van der Waals surface area contributed by atoms with Gasteiger partial charge in [-0.3, -0.25) is 13.9 Å². The van der Waals surface area contributed by atoms with Crippen LogP contribution in [0.25, 0.3) is 0 Å². The summed E-state index contributed by atoms with van der Waals surface area (Å²) in [7, 11) is -2.75. The zero-order chi connectivity index (χ0) is 33.4.